The average molecular weight is 231 g/mol. The Bertz CT molecular complexity index is 558. The molecule has 1 aromatic heterocycles. The van der Waals surface area contributed by atoms with E-state index in [1.807, 2.05) is 0 Å². The Balaban J connectivity index is 2.50. The van der Waals surface area contributed by atoms with Gasteiger partial charge in [-0.1, -0.05) is 6.07 Å². The molecular formula is C13H13NO3. The highest BCUT2D eigenvalue weighted by atomic mass is 16.5. The van der Waals surface area contributed by atoms with Crippen molar-refractivity contribution in [3.05, 3.63) is 47.4 Å². The van der Waals surface area contributed by atoms with E-state index in [0.717, 1.165) is 0 Å². The first kappa shape index (κ1) is 11.3. The van der Waals surface area contributed by atoms with Gasteiger partial charge in [0.25, 0.3) is 0 Å². The minimum atomic E-state index is -0.270. The van der Waals surface area contributed by atoms with Crippen molar-refractivity contribution in [2.75, 3.05) is 12.8 Å². The van der Waals surface area contributed by atoms with Crippen LogP contribution in [-0.4, -0.2) is 12.9 Å². The zero-order valence-electron chi connectivity index (χ0n) is 9.69. The largest absolute Gasteiger partial charge is 0.496 e. The number of anilines is 1. The van der Waals surface area contributed by atoms with E-state index in [-0.39, 0.29) is 11.5 Å². The number of methoxy groups -OCH3 is 1. The summed E-state index contributed by atoms with van der Waals surface area (Å²) in [6, 6.07) is 8.45. The van der Waals surface area contributed by atoms with Crippen molar-refractivity contribution >= 4 is 11.5 Å². The van der Waals surface area contributed by atoms with E-state index >= 15 is 0 Å². The summed E-state index contributed by atoms with van der Waals surface area (Å²) >= 11 is 0. The first-order valence-corrected chi connectivity index (χ1v) is 5.17. The Morgan fingerprint density at radius 1 is 1.29 bits per heavy atom. The summed E-state index contributed by atoms with van der Waals surface area (Å²) in [5.74, 6) is 1.12. The number of furan rings is 1. The number of hydrogen-bond acceptors (Lipinski definition) is 4. The molecule has 0 aliphatic heterocycles. The molecule has 0 spiro atoms. The maximum atomic E-state index is 12.2. The predicted octanol–water partition coefficient (Wildman–Crippen LogP) is 2.41. The topological polar surface area (TPSA) is 65.5 Å². The lowest BCUT2D eigenvalue weighted by Crippen LogP contribution is -2.06. The number of nitrogens with two attached hydrogens (primary N) is 1. The van der Waals surface area contributed by atoms with Gasteiger partial charge in [-0.2, -0.15) is 0 Å². The van der Waals surface area contributed by atoms with Crippen LogP contribution in [0.3, 0.4) is 0 Å². The number of benzene rings is 1. The summed E-state index contributed by atoms with van der Waals surface area (Å²) in [7, 11) is 1.50. The monoisotopic (exact) mass is 231 g/mol. The van der Waals surface area contributed by atoms with Gasteiger partial charge in [0.2, 0.25) is 5.78 Å². The second-order valence-electron chi connectivity index (χ2n) is 3.66. The van der Waals surface area contributed by atoms with Crippen LogP contribution in [0.2, 0.25) is 0 Å². The van der Waals surface area contributed by atoms with Gasteiger partial charge in [0, 0.05) is 5.69 Å². The quantitative estimate of drug-likeness (QED) is 0.650. The molecule has 0 fully saturated rings. The first-order chi connectivity index (χ1) is 8.13. The summed E-state index contributed by atoms with van der Waals surface area (Å²) < 4.78 is 10.4. The van der Waals surface area contributed by atoms with Crippen LogP contribution < -0.4 is 10.5 Å². The molecule has 4 heteroatoms. The molecular weight excluding hydrogens is 218 g/mol. The molecule has 2 N–H and O–H groups in total. The molecule has 0 radical (unpaired) electrons. The highest BCUT2D eigenvalue weighted by Crippen LogP contribution is 2.27. The average Bonchev–Trinajstić information content (AvgIpc) is 2.74. The van der Waals surface area contributed by atoms with Crippen LogP contribution in [0, 0.1) is 6.92 Å². The number of carbonyl (C=O) groups excluding carboxylic acids is 1. The van der Waals surface area contributed by atoms with E-state index in [1.54, 1.807) is 37.3 Å². The van der Waals surface area contributed by atoms with Crippen LogP contribution in [0.25, 0.3) is 0 Å². The van der Waals surface area contributed by atoms with Crippen molar-refractivity contribution in [3.63, 3.8) is 0 Å². The number of ketones is 1. The van der Waals surface area contributed by atoms with E-state index in [2.05, 4.69) is 0 Å². The Morgan fingerprint density at radius 3 is 2.65 bits per heavy atom. The van der Waals surface area contributed by atoms with Crippen LogP contribution in [0.4, 0.5) is 5.69 Å². The zero-order chi connectivity index (χ0) is 12.4. The van der Waals surface area contributed by atoms with Gasteiger partial charge < -0.3 is 14.9 Å². The minimum absolute atomic E-state index is 0.263. The van der Waals surface area contributed by atoms with Crippen molar-refractivity contribution < 1.29 is 13.9 Å². The fraction of sp³-hybridized carbons (Fsp3) is 0.154. The summed E-state index contributed by atoms with van der Waals surface area (Å²) in [4.78, 5) is 12.2. The fourth-order valence-electron chi connectivity index (χ4n) is 1.64. The van der Waals surface area contributed by atoms with E-state index in [1.165, 1.54) is 7.11 Å². The normalized spacial score (nSPS) is 10.2. The van der Waals surface area contributed by atoms with Gasteiger partial charge in [-0.15, -0.1) is 0 Å². The van der Waals surface area contributed by atoms with Gasteiger partial charge in [0.1, 0.15) is 11.5 Å². The first-order valence-electron chi connectivity index (χ1n) is 5.17. The SMILES string of the molecule is COc1cccc(N)c1C(=O)c1ccc(C)o1. The van der Waals surface area contributed by atoms with Crippen LogP contribution >= 0.6 is 0 Å². The number of nitrogen functional groups attached to an aromatic ring is 1. The standard InChI is InChI=1S/C13H13NO3/c1-8-6-7-11(17-8)13(15)12-9(14)4-3-5-10(12)16-2/h3-7H,14H2,1-2H3. The van der Waals surface area contributed by atoms with Gasteiger partial charge in [-0.3, -0.25) is 4.79 Å². The van der Waals surface area contributed by atoms with Crippen LogP contribution in [0.1, 0.15) is 21.9 Å². The minimum Gasteiger partial charge on any atom is -0.496 e. The van der Waals surface area contributed by atoms with Gasteiger partial charge in [0.15, 0.2) is 5.76 Å². The Labute approximate surface area is 99.0 Å². The highest BCUT2D eigenvalue weighted by Gasteiger charge is 2.20. The maximum Gasteiger partial charge on any atom is 0.233 e. The smallest absolute Gasteiger partial charge is 0.233 e. The summed E-state index contributed by atoms with van der Waals surface area (Å²) in [5, 5.41) is 0. The molecule has 4 nitrogen and oxygen atoms in total. The molecule has 0 saturated heterocycles. The number of rotatable bonds is 3. The molecule has 2 aromatic rings. The predicted molar refractivity (Wildman–Crippen MR) is 64.3 cm³/mol. The highest BCUT2D eigenvalue weighted by molar-refractivity contribution is 6.12. The van der Waals surface area contributed by atoms with Crippen molar-refractivity contribution in [1.29, 1.82) is 0 Å². The number of aryl methyl sites for hydroxylation is 1. The summed E-state index contributed by atoms with van der Waals surface area (Å²) in [5.41, 5.74) is 6.52. The van der Waals surface area contributed by atoms with Crippen LogP contribution in [-0.2, 0) is 0 Å². The van der Waals surface area contributed by atoms with Gasteiger partial charge in [0.05, 0.1) is 12.7 Å². The van der Waals surface area contributed by atoms with Crippen molar-refractivity contribution in [2.45, 2.75) is 6.92 Å². The second-order valence-corrected chi connectivity index (χ2v) is 3.66. The summed E-state index contributed by atoms with van der Waals surface area (Å²) in [6.07, 6.45) is 0. The third-order valence-electron chi connectivity index (χ3n) is 2.47. The lowest BCUT2D eigenvalue weighted by atomic mass is 10.1. The number of carbonyl (C=O) groups is 1. The molecule has 0 saturated carbocycles. The third kappa shape index (κ3) is 2.01. The van der Waals surface area contributed by atoms with Gasteiger partial charge >= 0.3 is 0 Å². The summed E-state index contributed by atoms with van der Waals surface area (Å²) in [6.45, 7) is 1.78. The molecule has 1 heterocycles. The Hall–Kier alpha value is -2.23. The van der Waals surface area contributed by atoms with E-state index in [9.17, 15) is 4.79 Å². The molecule has 88 valence electrons. The number of ether oxygens (including phenoxy) is 1. The van der Waals surface area contributed by atoms with Crippen molar-refractivity contribution in [1.82, 2.24) is 0 Å². The Morgan fingerprint density at radius 2 is 2.06 bits per heavy atom. The molecule has 17 heavy (non-hydrogen) atoms. The molecule has 1 aromatic carbocycles. The maximum absolute atomic E-state index is 12.2. The van der Waals surface area contributed by atoms with E-state index < -0.39 is 0 Å². The van der Waals surface area contributed by atoms with E-state index in [0.29, 0.717) is 22.8 Å². The molecule has 0 atom stereocenters. The third-order valence-corrected chi connectivity index (χ3v) is 2.47. The van der Waals surface area contributed by atoms with Crippen molar-refractivity contribution in [3.8, 4) is 5.75 Å². The molecule has 0 unspecified atom stereocenters. The second kappa shape index (κ2) is 4.33. The zero-order valence-corrected chi connectivity index (χ0v) is 9.69. The fourth-order valence-corrected chi connectivity index (χ4v) is 1.64. The number of hydrogen-bond donors (Lipinski definition) is 1. The Kier molecular flexibility index (Phi) is 2.87. The van der Waals surface area contributed by atoms with Crippen LogP contribution in [0.15, 0.2) is 34.7 Å². The molecule has 0 aliphatic rings. The lowest BCUT2D eigenvalue weighted by Gasteiger charge is -2.08. The molecule has 2 rings (SSSR count). The molecule has 0 aliphatic carbocycles. The van der Waals surface area contributed by atoms with Gasteiger partial charge in [-0.25, -0.2) is 0 Å². The van der Waals surface area contributed by atoms with Gasteiger partial charge in [-0.05, 0) is 31.2 Å². The lowest BCUT2D eigenvalue weighted by molar-refractivity contribution is 0.101. The molecule has 0 amide bonds. The molecule has 0 bridgehead atoms. The van der Waals surface area contributed by atoms with Crippen molar-refractivity contribution in [2.24, 2.45) is 0 Å². The van der Waals surface area contributed by atoms with Crippen LogP contribution in [0.5, 0.6) is 5.75 Å². The van der Waals surface area contributed by atoms with E-state index in [4.69, 9.17) is 14.9 Å².